The molecule has 3 rings (SSSR count). The Labute approximate surface area is 162 Å². The number of halogens is 3. The average Bonchev–Trinajstić information content (AvgIpc) is 2.76. The molecule has 1 aliphatic rings. The Bertz CT molecular complexity index is 879. The first kappa shape index (κ1) is 17.3. The Hall–Kier alpha value is -1.57. The molecule has 2 aromatic rings. The number of hydrogen-bond acceptors (Lipinski definition) is 3. The highest BCUT2D eigenvalue weighted by Gasteiger charge is 2.39. The molecule has 0 aliphatic carbocycles. The molecule has 0 radical (unpaired) electrons. The molecule has 0 saturated carbocycles. The van der Waals surface area contributed by atoms with Gasteiger partial charge in [-0.15, -0.1) is 0 Å². The summed E-state index contributed by atoms with van der Waals surface area (Å²) in [6.07, 6.45) is 0. The topological polar surface area (TPSA) is 49.4 Å². The number of benzene rings is 2. The molecule has 0 saturated heterocycles. The third-order valence-corrected chi connectivity index (χ3v) is 5.03. The second kappa shape index (κ2) is 6.74. The van der Waals surface area contributed by atoms with E-state index in [1.807, 2.05) is 31.2 Å². The third kappa shape index (κ3) is 3.16. The van der Waals surface area contributed by atoms with Gasteiger partial charge in [0.1, 0.15) is 10.7 Å². The van der Waals surface area contributed by atoms with Gasteiger partial charge in [0, 0.05) is 14.3 Å². The van der Waals surface area contributed by atoms with Crippen LogP contribution in [0.2, 0.25) is 5.02 Å². The van der Waals surface area contributed by atoms with Crippen molar-refractivity contribution < 1.29 is 9.59 Å². The first-order chi connectivity index (χ1) is 11.4. The van der Waals surface area contributed by atoms with Crippen LogP contribution in [0, 0.1) is 10.5 Å². The van der Waals surface area contributed by atoms with Crippen LogP contribution in [0.5, 0.6) is 0 Å². The van der Waals surface area contributed by atoms with E-state index >= 15 is 0 Å². The van der Waals surface area contributed by atoms with Gasteiger partial charge in [0.05, 0.1) is 5.69 Å². The number of anilines is 2. The molecule has 0 atom stereocenters. The van der Waals surface area contributed by atoms with E-state index in [2.05, 4.69) is 27.9 Å². The lowest BCUT2D eigenvalue weighted by Crippen LogP contribution is -2.32. The zero-order valence-corrected chi connectivity index (χ0v) is 16.1. The number of amides is 2. The quantitative estimate of drug-likeness (QED) is 0.520. The SMILES string of the molecule is Cc1ccc(N2C(=O)C(Cl)=C(Nc3ccc(I)cc3)C2=O)cc1Cl. The summed E-state index contributed by atoms with van der Waals surface area (Å²) >= 11 is 14.4. The molecule has 0 aromatic heterocycles. The van der Waals surface area contributed by atoms with Crippen LogP contribution in [0.15, 0.2) is 53.2 Å². The monoisotopic (exact) mass is 472 g/mol. The predicted octanol–water partition coefficient (Wildman–Crippen LogP) is 4.69. The van der Waals surface area contributed by atoms with E-state index in [0.29, 0.717) is 16.4 Å². The molecule has 24 heavy (non-hydrogen) atoms. The lowest BCUT2D eigenvalue weighted by atomic mass is 10.2. The van der Waals surface area contributed by atoms with Gasteiger partial charge in [-0.3, -0.25) is 9.59 Å². The zero-order chi connectivity index (χ0) is 17.4. The molecule has 0 fully saturated rings. The molecule has 122 valence electrons. The standard InChI is InChI=1S/C17H11Cl2IN2O2/c1-9-2-7-12(8-13(9)18)22-16(23)14(19)15(17(22)24)21-11-5-3-10(20)4-6-11/h2-8,21H,1H3. The van der Waals surface area contributed by atoms with Crippen molar-refractivity contribution >= 4 is 69.0 Å². The normalized spacial score (nSPS) is 14.6. The van der Waals surface area contributed by atoms with E-state index in [0.717, 1.165) is 14.0 Å². The van der Waals surface area contributed by atoms with Crippen LogP contribution in [0.25, 0.3) is 0 Å². The van der Waals surface area contributed by atoms with E-state index < -0.39 is 11.8 Å². The molecular weight excluding hydrogens is 462 g/mol. The van der Waals surface area contributed by atoms with Crippen molar-refractivity contribution in [1.82, 2.24) is 0 Å². The maximum absolute atomic E-state index is 12.7. The Kier molecular flexibility index (Phi) is 4.85. The lowest BCUT2D eigenvalue weighted by molar-refractivity contribution is -0.120. The minimum Gasteiger partial charge on any atom is -0.350 e. The van der Waals surface area contributed by atoms with Gasteiger partial charge in [-0.2, -0.15) is 0 Å². The summed E-state index contributed by atoms with van der Waals surface area (Å²) in [6, 6.07) is 12.4. The molecule has 1 aliphatic heterocycles. The van der Waals surface area contributed by atoms with Crippen molar-refractivity contribution in [3.05, 3.63) is 67.4 Å². The van der Waals surface area contributed by atoms with Crippen LogP contribution in [-0.4, -0.2) is 11.8 Å². The van der Waals surface area contributed by atoms with Crippen molar-refractivity contribution in [2.75, 3.05) is 10.2 Å². The second-order valence-corrected chi connectivity index (χ2v) is 7.23. The number of carbonyl (C=O) groups excluding carboxylic acids is 2. The van der Waals surface area contributed by atoms with Gasteiger partial charge in [0.2, 0.25) is 0 Å². The summed E-state index contributed by atoms with van der Waals surface area (Å²) in [5, 5.41) is 3.26. The summed E-state index contributed by atoms with van der Waals surface area (Å²) < 4.78 is 1.06. The summed E-state index contributed by atoms with van der Waals surface area (Å²) in [4.78, 5) is 26.1. The highest BCUT2D eigenvalue weighted by atomic mass is 127. The van der Waals surface area contributed by atoms with Crippen LogP contribution in [0.1, 0.15) is 5.56 Å². The van der Waals surface area contributed by atoms with Crippen molar-refractivity contribution in [2.45, 2.75) is 6.92 Å². The number of rotatable bonds is 3. The maximum Gasteiger partial charge on any atom is 0.283 e. The second-order valence-electron chi connectivity index (χ2n) is 5.20. The van der Waals surface area contributed by atoms with Crippen molar-refractivity contribution in [3.63, 3.8) is 0 Å². The van der Waals surface area contributed by atoms with E-state index in [9.17, 15) is 9.59 Å². The lowest BCUT2D eigenvalue weighted by Gasteiger charge is -2.16. The minimum atomic E-state index is -0.574. The Morgan fingerprint density at radius 1 is 1.00 bits per heavy atom. The number of carbonyl (C=O) groups is 2. The third-order valence-electron chi connectivity index (χ3n) is 3.55. The van der Waals surface area contributed by atoms with Crippen LogP contribution >= 0.6 is 45.8 Å². The summed E-state index contributed by atoms with van der Waals surface area (Å²) in [5.74, 6) is -1.09. The van der Waals surface area contributed by atoms with Gasteiger partial charge in [-0.25, -0.2) is 4.90 Å². The minimum absolute atomic E-state index is 0.0552. The summed E-state index contributed by atoms with van der Waals surface area (Å²) in [6.45, 7) is 1.84. The number of hydrogen-bond donors (Lipinski definition) is 1. The molecule has 7 heteroatoms. The molecule has 4 nitrogen and oxygen atoms in total. The smallest absolute Gasteiger partial charge is 0.283 e. The van der Waals surface area contributed by atoms with Crippen LogP contribution < -0.4 is 10.2 Å². The van der Waals surface area contributed by atoms with Gasteiger partial charge in [0.25, 0.3) is 11.8 Å². The number of imide groups is 1. The predicted molar refractivity (Wildman–Crippen MR) is 104 cm³/mol. The van der Waals surface area contributed by atoms with Crippen molar-refractivity contribution in [1.29, 1.82) is 0 Å². The van der Waals surface area contributed by atoms with E-state index in [1.165, 1.54) is 0 Å². The number of nitrogens with zero attached hydrogens (tertiary/aromatic N) is 1. The van der Waals surface area contributed by atoms with E-state index in [4.69, 9.17) is 23.2 Å². The maximum atomic E-state index is 12.7. The first-order valence-electron chi connectivity index (χ1n) is 6.96. The summed E-state index contributed by atoms with van der Waals surface area (Å²) in [5.41, 5.74) is 1.97. The molecular formula is C17H11Cl2IN2O2. The Morgan fingerprint density at radius 3 is 2.29 bits per heavy atom. The van der Waals surface area contributed by atoms with Crippen molar-refractivity contribution in [3.8, 4) is 0 Å². The Morgan fingerprint density at radius 2 is 1.67 bits per heavy atom. The van der Waals surface area contributed by atoms with Gasteiger partial charge in [-0.1, -0.05) is 29.3 Å². The number of aryl methyl sites for hydroxylation is 1. The fraction of sp³-hybridized carbons (Fsp3) is 0.0588. The number of nitrogens with one attached hydrogen (secondary N) is 1. The fourth-order valence-corrected chi connectivity index (χ4v) is 2.99. The van der Waals surface area contributed by atoms with Crippen LogP contribution in [0.3, 0.4) is 0 Å². The van der Waals surface area contributed by atoms with E-state index in [1.54, 1.807) is 18.2 Å². The molecule has 0 spiro atoms. The first-order valence-corrected chi connectivity index (χ1v) is 8.79. The summed E-state index contributed by atoms with van der Waals surface area (Å²) in [7, 11) is 0. The molecule has 2 aromatic carbocycles. The molecule has 1 heterocycles. The molecule has 1 N–H and O–H groups in total. The van der Waals surface area contributed by atoms with Gasteiger partial charge < -0.3 is 5.32 Å². The van der Waals surface area contributed by atoms with Crippen LogP contribution in [0.4, 0.5) is 11.4 Å². The molecule has 0 unspecified atom stereocenters. The largest absolute Gasteiger partial charge is 0.350 e. The highest BCUT2D eigenvalue weighted by Crippen LogP contribution is 2.32. The van der Waals surface area contributed by atoms with Crippen LogP contribution in [-0.2, 0) is 9.59 Å². The van der Waals surface area contributed by atoms with Crippen molar-refractivity contribution in [2.24, 2.45) is 0 Å². The van der Waals surface area contributed by atoms with Gasteiger partial charge >= 0.3 is 0 Å². The fourth-order valence-electron chi connectivity index (χ4n) is 2.24. The highest BCUT2D eigenvalue weighted by molar-refractivity contribution is 14.1. The van der Waals surface area contributed by atoms with Gasteiger partial charge in [-0.05, 0) is 71.5 Å². The average molecular weight is 473 g/mol. The zero-order valence-electron chi connectivity index (χ0n) is 12.4. The molecule has 0 bridgehead atoms. The van der Waals surface area contributed by atoms with Gasteiger partial charge in [0.15, 0.2) is 0 Å². The molecule has 2 amide bonds. The van der Waals surface area contributed by atoms with E-state index in [-0.39, 0.29) is 10.7 Å². The Balaban J connectivity index is 1.92.